The number of carbonyl (C=O) groups is 2. The van der Waals surface area contributed by atoms with E-state index >= 15 is 4.39 Å². The van der Waals surface area contributed by atoms with Crippen molar-refractivity contribution in [1.29, 1.82) is 0 Å². The Morgan fingerprint density at radius 3 is 2.67 bits per heavy atom. The number of halogens is 3. The van der Waals surface area contributed by atoms with E-state index in [0.717, 1.165) is 55.7 Å². The summed E-state index contributed by atoms with van der Waals surface area (Å²) in [5, 5.41) is 7.84. The second-order valence-electron chi connectivity index (χ2n) is 12.4. The van der Waals surface area contributed by atoms with Crippen LogP contribution < -0.4 is 5.32 Å². The number of nitrogens with one attached hydrogen (secondary N) is 1. The number of fused-ring (bicyclic) bond motifs is 1. The molecule has 3 aromatic rings. The first-order valence-corrected chi connectivity index (χ1v) is 15.1. The lowest BCUT2D eigenvalue weighted by Gasteiger charge is -2.50. The fraction of sp³-hybridized carbons (Fsp3) is 0.485. The Labute approximate surface area is 242 Å². The highest BCUT2D eigenvalue weighted by Gasteiger charge is 2.79. The Bertz CT molecular complexity index is 1570. The molecule has 0 saturated heterocycles. The summed E-state index contributed by atoms with van der Waals surface area (Å²) in [7, 11) is 0. The van der Waals surface area contributed by atoms with Crippen LogP contribution in [-0.2, 0) is 22.4 Å². The maximum Gasteiger partial charge on any atom is 0.311 e. The molecule has 42 heavy (non-hydrogen) atoms. The van der Waals surface area contributed by atoms with Crippen LogP contribution in [0, 0.1) is 40.6 Å². The number of ether oxygens (including phenoxy) is 1. The van der Waals surface area contributed by atoms with Crippen molar-refractivity contribution in [1.82, 2.24) is 15.1 Å². The number of hydrogen-bond donors (Lipinski definition) is 1. The van der Waals surface area contributed by atoms with Crippen LogP contribution in [0.25, 0.3) is 5.69 Å². The summed E-state index contributed by atoms with van der Waals surface area (Å²) in [5.74, 6) is -2.24. The fourth-order valence-electron chi connectivity index (χ4n) is 8.54. The van der Waals surface area contributed by atoms with Gasteiger partial charge in [-0.2, -0.15) is 5.10 Å². The Morgan fingerprint density at radius 1 is 1.07 bits per heavy atom. The molecule has 6 nitrogen and oxygen atoms in total. The van der Waals surface area contributed by atoms with Crippen molar-refractivity contribution in [3.63, 3.8) is 0 Å². The van der Waals surface area contributed by atoms with Crippen molar-refractivity contribution in [3.05, 3.63) is 82.4 Å². The number of esters is 1. The second-order valence-corrected chi connectivity index (χ2v) is 12.4. The molecule has 4 aliphatic rings. The topological polar surface area (TPSA) is 73.2 Å². The number of benzene rings is 2. The van der Waals surface area contributed by atoms with Gasteiger partial charge in [0.05, 0.1) is 18.2 Å². The number of nitrogens with zero attached hydrogens (tertiary/aromatic N) is 2. The zero-order valence-corrected chi connectivity index (χ0v) is 23.5. The molecule has 0 bridgehead atoms. The first-order valence-electron chi connectivity index (χ1n) is 15.1. The van der Waals surface area contributed by atoms with Crippen molar-refractivity contribution in [2.75, 3.05) is 6.61 Å². The summed E-state index contributed by atoms with van der Waals surface area (Å²) in [5.41, 5.74) is 2.43. The van der Waals surface area contributed by atoms with Gasteiger partial charge in [0.25, 0.3) is 5.91 Å². The molecule has 1 N–H and O–H groups in total. The number of amides is 1. The third-order valence-electron chi connectivity index (χ3n) is 10.3. The molecule has 4 aliphatic carbocycles. The first kappa shape index (κ1) is 27.2. The molecular weight excluding hydrogens is 543 g/mol. The zero-order chi connectivity index (χ0) is 29.2. The van der Waals surface area contributed by atoms with E-state index in [1.165, 1.54) is 28.9 Å². The maximum atomic E-state index is 15.2. The van der Waals surface area contributed by atoms with Crippen LogP contribution in [0.4, 0.5) is 13.2 Å². The fourth-order valence-corrected chi connectivity index (χ4v) is 8.54. The summed E-state index contributed by atoms with van der Waals surface area (Å²) >= 11 is 0. The smallest absolute Gasteiger partial charge is 0.311 e. The van der Waals surface area contributed by atoms with Gasteiger partial charge in [-0.1, -0.05) is 18.6 Å². The van der Waals surface area contributed by atoms with Gasteiger partial charge >= 0.3 is 5.97 Å². The lowest BCUT2D eigenvalue weighted by Crippen LogP contribution is -2.63. The van der Waals surface area contributed by atoms with Crippen LogP contribution in [0.5, 0.6) is 0 Å². The molecule has 0 aliphatic heterocycles. The highest BCUT2D eigenvalue weighted by atomic mass is 19.1. The zero-order valence-electron chi connectivity index (χ0n) is 23.5. The van der Waals surface area contributed by atoms with Crippen molar-refractivity contribution in [3.8, 4) is 5.69 Å². The Balaban J connectivity index is 1.27. The second kappa shape index (κ2) is 10.3. The molecule has 1 heterocycles. The van der Waals surface area contributed by atoms with Gasteiger partial charge in [0.1, 0.15) is 17.3 Å². The minimum atomic E-state index is -0.782. The molecular formula is C33H34F3N3O3. The van der Waals surface area contributed by atoms with Gasteiger partial charge < -0.3 is 10.1 Å². The number of carbonyl (C=O) groups excluding carboxylic acids is 2. The predicted octanol–water partition coefficient (Wildman–Crippen LogP) is 6.05. The van der Waals surface area contributed by atoms with Crippen LogP contribution in [0.2, 0.25) is 0 Å². The first-order chi connectivity index (χ1) is 20.3. The Kier molecular flexibility index (Phi) is 6.66. The quantitative estimate of drug-likeness (QED) is 0.274. The number of rotatable bonds is 7. The minimum absolute atomic E-state index is 0.0479. The van der Waals surface area contributed by atoms with E-state index in [1.54, 1.807) is 13.0 Å². The highest BCUT2D eigenvalue weighted by Crippen LogP contribution is 2.78. The molecule has 7 rings (SSSR count). The molecule has 1 aromatic heterocycles. The van der Waals surface area contributed by atoms with Crippen LogP contribution in [-0.4, -0.2) is 34.3 Å². The SMILES string of the molecule is CCOC(=O)[C@H]1[C@@H](NC(=O)c2nn(-c3ccc(F)cc3F)c3c2CCCCC3Cc2cccc(F)c2)C2CCC3CC321. The van der Waals surface area contributed by atoms with E-state index in [4.69, 9.17) is 4.74 Å². The number of aromatic nitrogens is 2. The van der Waals surface area contributed by atoms with Crippen LogP contribution in [0.1, 0.15) is 78.7 Å². The van der Waals surface area contributed by atoms with Gasteiger partial charge in [0.2, 0.25) is 0 Å². The molecule has 220 valence electrons. The molecule has 2 aromatic carbocycles. The summed E-state index contributed by atoms with van der Waals surface area (Å²) in [6, 6.07) is 9.39. The predicted molar refractivity (Wildman–Crippen MR) is 149 cm³/mol. The van der Waals surface area contributed by atoms with Gasteiger partial charge in [-0.3, -0.25) is 9.59 Å². The van der Waals surface area contributed by atoms with Gasteiger partial charge in [0.15, 0.2) is 11.5 Å². The lowest BCUT2D eigenvalue weighted by atomic mass is 9.58. The van der Waals surface area contributed by atoms with Gasteiger partial charge in [0, 0.05) is 23.6 Å². The average Bonchev–Trinajstić information content (AvgIpc) is 3.52. The third-order valence-corrected chi connectivity index (χ3v) is 10.3. The van der Waals surface area contributed by atoms with E-state index in [0.29, 0.717) is 24.5 Å². The van der Waals surface area contributed by atoms with Crippen molar-refractivity contribution in [2.24, 2.45) is 23.2 Å². The van der Waals surface area contributed by atoms with Gasteiger partial charge in [-0.15, -0.1) is 0 Å². The normalized spacial score (nSPS) is 29.0. The summed E-state index contributed by atoms with van der Waals surface area (Å²) in [4.78, 5) is 27.0. The summed E-state index contributed by atoms with van der Waals surface area (Å²) in [6.07, 6.45) is 6.52. The average molecular weight is 578 g/mol. The van der Waals surface area contributed by atoms with Gasteiger partial charge in [-0.05, 0) is 98.9 Å². The maximum absolute atomic E-state index is 15.2. The van der Waals surface area contributed by atoms with Crippen LogP contribution in [0.3, 0.4) is 0 Å². The number of hydrogen-bond acceptors (Lipinski definition) is 4. The Morgan fingerprint density at radius 2 is 1.90 bits per heavy atom. The van der Waals surface area contributed by atoms with Crippen molar-refractivity contribution >= 4 is 11.9 Å². The summed E-state index contributed by atoms with van der Waals surface area (Å²) in [6.45, 7) is 2.07. The summed E-state index contributed by atoms with van der Waals surface area (Å²) < 4.78 is 50.0. The standard InChI is InChI=1S/C33H34F3N3O3/c1-2-42-32(41)27-29(24-12-10-20-17-33(20,24)27)37-31(40)28-23-9-4-3-7-19(14-18-6-5-8-21(34)15-18)30(23)39(38-28)26-13-11-22(35)16-25(26)36/h5-6,8,11,13,15-16,19-20,24,27,29H,2-4,7,9-10,12,14,17H2,1H3,(H,37,40)/t19?,20?,24?,27-,29+,33?/m1/s1. The van der Waals surface area contributed by atoms with E-state index < -0.39 is 17.5 Å². The largest absolute Gasteiger partial charge is 0.466 e. The van der Waals surface area contributed by atoms with E-state index in [-0.39, 0.29) is 59.0 Å². The molecule has 3 fully saturated rings. The lowest BCUT2D eigenvalue weighted by molar-refractivity contribution is -0.162. The molecule has 6 atom stereocenters. The third kappa shape index (κ3) is 4.26. The molecule has 1 amide bonds. The molecule has 0 radical (unpaired) electrons. The molecule has 9 heteroatoms. The minimum Gasteiger partial charge on any atom is -0.466 e. The van der Waals surface area contributed by atoms with E-state index in [1.807, 2.05) is 6.07 Å². The monoisotopic (exact) mass is 577 g/mol. The molecule has 4 unspecified atom stereocenters. The molecule has 3 saturated carbocycles. The van der Waals surface area contributed by atoms with Gasteiger partial charge in [-0.25, -0.2) is 17.9 Å². The molecule has 1 spiro atoms. The van der Waals surface area contributed by atoms with Crippen LogP contribution >= 0.6 is 0 Å². The van der Waals surface area contributed by atoms with E-state index in [9.17, 15) is 18.4 Å². The van der Waals surface area contributed by atoms with Crippen molar-refractivity contribution in [2.45, 2.75) is 70.3 Å². The highest BCUT2D eigenvalue weighted by molar-refractivity contribution is 5.95. The van der Waals surface area contributed by atoms with E-state index in [2.05, 4.69) is 10.4 Å². The van der Waals surface area contributed by atoms with Crippen molar-refractivity contribution < 1.29 is 27.5 Å². The Hall–Kier alpha value is -3.62. The van der Waals surface area contributed by atoms with Crippen LogP contribution in [0.15, 0.2) is 42.5 Å².